The summed E-state index contributed by atoms with van der Waals surface area (Å²) in [4.78, 5) is 10.6. The number of ether oxygens (including phenoxy) is 2. The van der Waals surface area contributed by atoms with E-state index in [2.05, 4.69) is 13.0 Å². The summed E-state index contributed by atoms with van der Waals surface area (Å²) >= 11 is 0. The van der Waals surface area contributed by atoms with Crippen molar-refractivity contribution >= 4 is 5.97 Å². The van der Waals surface area contributed by atoms with Gasteiger partial charge in [-0.25, -0.2) is 0 Å². The van der Waals surface area contributed by atoms with E-state index in [0.717, 1.165) is 50.7 Å². The molecule has 0 unspecified atom stereocenters. The molecule has 5 heteroatoms. The average Bonchev–Trinajstić information content (AvgIpc) is 3.14. The summed E-state index contributed by atoms with van der Waals surface area (Å²) in [5.41, 5.74) is 0. The van der Waals surface area contributed by atoms with E-state index in [4.69, 9.17) is 14.6 Å². The predicted octanol–water partition coefficient (Wildman–Crippen LogP) is 4.06. The van der Waals surface area contributed by atoms with E-state index >= 15 is 0 Å². The number of fused-ring (bicyclic) bond motifs is 1. The Morgan fingerprint density at radius 1 is 1.38 bits per heavy atom. The molecule has 2 N–H and O–H groups in total. The number of carboxylic acid groups (broad SMARTS) is 1. The predicted molar refractivity (Wildman–Crippen MR) is 101 cm³/mol. The van der Waals surface area contributed by atoms with Crippen LogP contribution in [0.3, 0.4) is 0 Å². The van der Waals surface area contributed by atoms with Gasteiger partial charge in [0.2, 0.25) is 0 Å². The van der Waals surface area contributed by atoms with Crippen LogP contribution in [0.2, 0.25) is 0 Å². The summed E-state index contributed by atoms with van der Waals surface area (Å²) in [5, 5.41) is 18.9. The fourth-order valence-corrected chi connectivity index (χ4v) is 4.09. The largest absolute Gasteiger partial charge is 0.495 e. The first kappa shape index (κ1) is 21.0. The van der Waals surface area contributed by atoms with Crippen LogP contribution in [0.1, 0.15) is 64.7 Å². The first-order valence-electron chi connectivity index (χ1n) is 10.0. The van der Waals surface area contributed by atoms with E-state index in [9.17, 15) is 9.90 Å². The number of aliphatic carboxylic acids is 1. The maximum atomic E-state index is 10.6. The smallest absolute Gasteiger partial charge is 0.303 e. The number of hydrogen-bond donors (Lipinski definition) is 2. The number of allylic oxidation sites excluding steroid dienone is 2. The van der Waals surface area contributed by atoms with Crippen molar-refractivity contribution in [3.05, 3.63) is 24.0 Å². The molecule has 0 aromatic heterocycles. The van der Waals surface area contributed by atoms with Gasteiger partial charge < -0.3 is 19.7 Å². The van der Waals surface area contributed by atoms with Crippen LogP contribution in [-0.2, 0) is 14.3 Å². The highest BCUT2D eigenvalue weighted by molar-refractivity contribution is 5.66. The molecule has 1 saturated heterocycles. The van der Waals surface area contributed by atoms with Gasteiger partial charge in [0.25, 0.3) is 0 Å². The number of rotatable bonds is 11. The van der Waals surface area contributed by atoms with E-state index in [1.54, 1.807) is 7.11 Å². The molecule has 2 aliphatic rings. The Balaban J connectivity index is 1.88. The van der Waals surface area contributed by atoms with Gasteiger partial charge in [-0.3, -0.25) is 4.79 Å². The van der Waals surface area contributed by atoms with Gasteiger partial charge in [-0.1, -0.05) is 38.3 Å². The third-order valence-electron chi connectivity index (χ3n) is 5.53. The molecule has 0 spiro atoms. The standard InChI is InChI=1S/C21H34O5/c1-3-4-5-8-15(22)11-12-17-18-13-16(9-6-7-10-21(23)24)26-20(18)14-19(17)25-2/h9,11-12,15,17-20,22H,3-8,10,13-14H2,1-2H3,(H,23,24)/b12-11+,16-9-/t15-,17+,18+,19+,20+/m0/s1. The van der Waals surface area contributed by atoms with Crippen molar-refractivity contribution in [2.24, 2.45) is 11.8 Å². The number of hydrogen-bond acceptors (Lipinski definition) is 4. The zero-order valence-electron chi connectivity index (χ0n) is 16.1. The minimum atomic E-state index is -0.752. The third kappa shape index (κ3) is 6.13. The molecule has 1 aliphatic carbocycles. The lowest BCUT2D eigenvalue weighted by Crippen LogP contribution is -2.20. The molecule has 0 aromatic rings. The lowest BCUT2D eigenvalue weighted by molar-refractivity contribution is -0.137. The van der Waals surface area contributed by atoms with Crippen molar-refractivity contribution in [2.45, 2.75) is 83.0 Å². The Hall–Kier alpha value is -1.33. The molecule has 1 saturated carbocycles. The Bertz CT molecular complexity index is 499. The van der Waals surface area contributed by atoms with Crippen LogP contribution in [0.4, 0.5) is 0 Å². The molecule has 1 heterocycles. The van der Waals surface area contributed by atoms with Crippen molar-refractivity contribution < 1.29 is 24.5 Å². The van der Waals surface area contributed by atoms with Crippen LogP contribution in [0, 0.1) is 11.8 Å². The van der Waals surface area contributed by atoms with Crippen LogP contribution in [0.15, 0.2) is 24.0 Å². The molecular formula is C21H34O5. The van der Waals surface area contributed by atoms with Crippen LogP contribution in [0.5, 0.6) is 0 Å². The van der Waals surface area contributed by atoms with Crippen LogP contribution < -0.4 is 0 Å². The molecule has 0 bridgehead atoms. The monoisotopic (exact) mass is 366 g/mol. The highest BCUT2D eigenvalue weighted by atomic mass is 16.5. The minimum Gasteiger partial charge on any atom is -0.495 e. The summed E-state index contributed by atoms with van der Waals surface area (Å²) in [7, 11) is 1.74. The van der Waals surface area contributed by atoms with E-state index in [1.165, 1.54) is 0 Å². The number of unbranched alkanes of at least 4 members (excludes halogenated alkanes) is 3. The highest BCUT2D eigenvalue weighted by Crippen LogP contribution is 2.46. The van der Waals surface area contributed by atoms with Crippen molar-refractivity contribution in [2.75, 3.05) is 7.11 Å². The first-order valence-corrected chi connectivity index (χ1v) is 10.0. The molecule has 26 heavy (non-hydrogen) atoms. The molecule has 2 rings (SSSR count). The van der Waals surface area contributed by atoms with Gasteiger partial charge in [-0.2, -0.15) is 0 Å². The van der Waals surface area contributed by atoms with Gasteiger partial charge in [-0.05, 0) is 25.3 Å². The fraction of sp³-hybridized carbons (Fsp3) is 0.762. The molecular weight excluding hydrogens is 332 g/mol. The SMILES string of the molecule is CCCCC[C@H](O)/C=C/[C@@H]1[C@H]2C/C(=C/CCCC(=O)O)O[C@@H]2C[C@H]1OC. The quantitative estimate of drug-likeness (QED) is 0.426. The van der Waals surface area contributed by atoms with Crippen molar-refractivity contribution in [3.63, 3.8) is 0 Å². The van der Waals surface area contributed by atoms with E-state index in [-0.39, 0.29) is 30.7 Å². The Labute approximate surface area is 157 Å². The normalized spacial score (nSPS) is 30.7. The van der Waals surface area contributed by atoms with Crippen LogP contribution in [-0.4, -0.2) is 41.6 Å². The second kappa shape index (κ2) is 10.7. The van der Waals surface area contributed by atoms with Gasteiger partial charge in [0.05, 0.1) is 18.0 Å². The van der Waals surface area contributed by atoms with Crippen molar-refractivity contribution in [1.29, 1.82) is 0 Å². The number of aliphatic hydroxyl groups is 1. The summed E-state index contributed by atoms with van der Waals surface area (Å²) in [6.45, 7) is 2.16. The lowest BCUT2D eigenvalue weighted by Gasteiger charge is -2.19. The van der Waals surface area contributed by atoms with Gasteiger partial charge in [0.1, 0.15) is 6.10 Å². The second-order valence-corrected chi connectivity index (χ2v) is 7.52. The summed E-state index contributed by atoms with van der Waals surface area (Å²) in [6.07, 6.45) is 13.5. The van der Waals surface area contributed by atoms with Gasteiger partial charge >= 0.3 is 5.97 Å². The van der Waals surface area contributed by atoms with Crippen molar-refractivity contribution in [1.82, 2.24) is 0 Å². The lowest BCUT2D eigenvalue weighted by atomic mass is 9.90. The van der Waals surface area contributed by atoms with E-state index in [0.29, 0.717) is 12.3 Å². The average molecular weight is 366 g/mol. The molecule has 1 aliphatic heterocycles. The maximum absolute atomic E-state index is 10.6. The Morgan fingerprint density at radius 3 is 2.88 bits per heavy atom. The Kier molecular flexibility index (Phi) is 8.66. The fourth-order valence-electron chi connectivity index (χ4n) is 4.09. The van der Waals surface area contributed by atoms with Crippen molar-refractivity contribution in [3.8, 4) is 0 Å². The molecule has 5 nitrogen and oxygen atoms in total. The second-order valence-electron chi connectivity index (χ2n) is 7.52. The minimum absolute atomic E-state index is 0.137. The topological polar surface area (TPSA) is 76.0 Å². The number of carboxylic acids is 1. The van der Waals surface area contributed by atoms with Gasteiger partial charge in [-0.15, -0.1) is 0 Å². The van der Waals surface area contributed by atoms with E-state index < -0.39 is 5.97 Å². The molecule has 0 amide bonds. The molecule has 148 valence electrons. The number of methoxy groups -OCH3 is 1. The molecule has 5 atom stereocenters. The molecule has 2 fully saturated rings. The number of carbonyl (C=O) groups is 1. The van der Waals surface area contributed by atoms with Gasteiger partial charge in [0.15, 0.2) is 0 Å². The van der Waals surface area contributed by atoms with Gasteiger partial charge in [0, 0.05) is 38.2 Å². The Morgan fingerprint density at radius 2 is 2.19 bits per heavy atom. The zero-order chi connectivity index (χ0) is 18.9. The maximum Gasteiger partial charge on any atom is 0.303 e. The zero-order valence-corrected chi connectivity index (χ0v) is 16.1. The molecule has 0 radical (unpaired) electrons. The highest BCUT2D eigenvalue weighted by Gasteiger charge is 2.47. The third-order valence-corrected chi connectivity index (χ3v) is 5.53. The summed E-state index contributed by atoms with van der Waals surface area (Å²) in [6, 6.07) is 0. The summed E-state index contributed by atoms with van der Waals surface area (Å²) in [5.74, 6) is 0.876. The van der Waals surface area contributed by atoms with E-state index in [1.807, 2.05) is 12.2 Å². The first-order chi connectivity index (χ1) is 12.5. The number of aliphatic hydroxyl groups excluding tert-OH is 1. The van der Waals surface area contributed by atoms with Crippen LogP contribution in [0.25, 0.3) is 0 Å². The van der Waals surface area contributed by atoms with Crippen LogP contribution >= 0.6 is 0 Å². The summed E-state index contributed by atoms with van der Waals surface area (Å²) < 4.78 is 11.7. The molecule has 0 aromatic carbocycles.